The number of anilines is 1. The molecule has 0 atom stereocenters. The first kappa shape index (κ1) is 13.8. The van der Waals surface area contributed by atoms with E-state index in [1.807, 2.05) is 12.1 Å². The van der Waals surface area contributed by atoms with Crippen LogP contribution in [0.1, 0.15) is 5.56 Å². The van der Waals surface area contributed by atoms with Gasteiger partial charge in [0.15, 0.2) is 0 Å². The van der Waals surface area contributed by atoms with Gasteiger partial charge in [-0.2, -0.15) is 0 Å². The lowest BCUT2D eigenvalue weighted by Crippen LogP contribution is -2.28. The largest absolute Gasteiger partial charge is 0.334 e. The molecule has 19 heavy (non-hydrogen) atoms. The zero-order valence-electron chi connectivity index (χ0n) is 9.73. The molecule has 0 fully saturated rings. The Kier molecular flexibility index (Phi) is 4.70. The minimum atomic E-state index is -0.373. The van der Waals surface area contributed by atoms with Crippen molar-refractivity contribution in [3.8, 4) is 0 Å². The number of hydrogen-bond donors (Lipinski definition) is 2. The predicted molar refractivity (Wildman–Crippen MR) is 77.0 cm³/mol. The van der Waals surface area contributed by atoms with E-state index in [1.54, 1.807) is 24.5 Å². The van der Waals surface area contributed by atoms with Gasteiger partial charge in [-0.1, -0.05) is 23.7 Å². The van der Waals surface area contributed by atoms with Crippen LogP contribution in [0.15, 0.2) is 41.1 Å². The fourth-order valence-electron chi connectivity index (χ4n) is 1.35. The van der Waals surface area contributed by atoms with Gasteiger partial charge in [-0.15, -0.1) is 0 Å². The lowest BCUT2D eigenvalue weighted by Gasteiger charge is -2.06. The van der Waals surface area contributed by atoms with Crippen LogP contribution in [0.25, 0.3) is 0 Å². The Hall–Kier alpha value is -1.66. The van der Waals surface area contributed by atoms with Crippen molar-refractivity contribution >= 4 is 39.5 Å². The molecule has 0 aliphatic heterocycles. The van der Waals surface area contributed by atoms with Gasteiger partial charge in [0.2, 0.25) is 5.95 Å². The number of amides is 2. The number of urea groups is 1. The summed E-state index contributed by atoms with van der Waals surface area (Å²) in [6.07, 6.45) is 3.11. The van der Waals surface area contributed by atoms with Crippen molar-refractivity contribution in [1.29, 1.82) is 0 Å². The number of aromatic nitrogens is 2. The van der Waals surface area contributed by atoms with Gasteiger partial charge >= 0.3 is 6.03 Å². The maximum atomic E-state index is 11.6. The van der Waals surface area contributed by atoms with Crippen molar-refractivity contribution in [1.82, 2.24) is 15.3 Å². The Bertz CT molecular complexity index is 576. The molecule has 7 heteroatoms. The summed E-state index contributed by atoms with van der Waals surface area (Å²) in [4.78, 5) is 19.5. The van der Waals surface area contributed by atoms with E-state index in [-0.39, 0.29) is 12.0 Å². The maximum Gasteiger partial charge on any atom is 0.321 e. The van der Waals surface area contributed by atoms with Crippen LogP contribution in [-0.4, -0.2) is 16.0 Å². The molecule has 1 heterocycles. The highest BCUT2D eigenvalue weighted by atomic mass is 79.9. The molecule has 2 N–H and O–H groups in total. The Balaban J connectivity index is 1.86. The van der Waals surface area contributed by atoms with Crippen LogP contribution >= 0.6 is 27.5 Å². The summed E-state index contributed by atoms with van der Waals surface area (Å²) < 4.78 is 0.748. The highest BCUT2D eigenvalue weighted by Crippen LogP contribution is 2.10. The van der Waals surface area contributed by atoms with E-state index >= 15 is 0 Å². The molecular weight excluding hydrogens is 332 g/mol. The van der Waals surface area contributed by atoms with E-state index in [1.165, 1.54) is 0 Å². The zero-order valence-corrected chi connectivity index (χ0v) is 12.1. The molecule has 0 saturated heterocycles. The second kappa shape index (κ2) is 6.49. The van der Waals surface area contributed by atoms with Crippen LogP contribution in [0.3, 0.4) is 0 Å². The second-order valence-corrected chi connectivity index (χ2v) is 5.01. The SMILES string of the molecule is O=C(NCc1cccc(Cl)c1)Nc1ncc(Br)cn1. The average Bonchev–Trinajstić information content (AvgIpc) is 2.39. The lowest BCUT2D eigenvalue weighted by atomic mass is 10.2. The van der Waals surface area contributed by atoms with Gasteiger partial charge in [0, 0.05) is 24.0 Å². The number of nitrogens with zero attached hydrogens (tertiary/aromatic N) is 2. The summed E-state index contributed by atoms with van der Waals surface area (Å²) in [5, 5.41) is 5.85. The molecule has 1 aromatic heterocycles. The molecule has 0 spiro atoms. The van der Waals surface area contributed by atoms with Gasteiger partial charge in [-0.3, -0.25) is 5.32 Å². The molecule has 0 radical (unpaired) electrons. The van der Waals surface area contributed by atoms with E-state index in [0.717, 1.165) is 10.0 Å². The molecule has 0 aliphatic carbocycles. The molecule has 98 valence electrons. The van der Waals surface area contributed by atoms with Gasteiger partial charge in [-0.05, 0) is 33.6 Å². The van der Waals surface area contributed by atoms with Crippen molar-refractivity contribution in [3.63, 3.8) is 0 Å². The molecule has 5 nitrogen and oxygen atoms in total. The monoisotopic (exact) mass is 340 g/mol. The van der Waals surface area contributed by atoms with Gasteiger partial charge in [0.1, 0.15) is 0 Å². The molecule has 2 aromatic rings. The summed E-state index contributed by atoms with van der Waals surface area (Å²) in [6.45, 7) is 0.378. The van der Waals surface area contributed by atoms with Crippen LogP contribution in [0.5, 0.6) is 0 Å². The third-order valence-corrected chi connectivity index (χ3v) is 2.83. The topological polar surface area (TPSA) is 66.9 Å². The van der Waals surface area contributed by atoms with Crippen molar-refractivity contribution in [2.24, 2.45) is 0 Å². The highest BCUT2D eigenvalue weighted by Gasteiger charge is 2.03. The van der Waals surface area contributed by atoms with Crippen molar-refractivity contribution in [2.75, 3.05) is 5.32 Å². The molecule has 0 unspecified atom stereocenters. The van der Waals surface area contributed by atoms with Crippen LogP contribution in [0, 0.1) is 0 Å². The van der Waals surface area contributed by atoms with E-state index in [0.29, 0.717) is 11.6 Å². The second-order valence-electron chi connectivity index (χ2n) is 3.66. The molecular formula is C12H10BrClN4O. The minimum Gasteiger partial charge on any atom is -0.334 e. The molecule has 1 aromatic carbocycles. The van der Waals surface area contributed by atoms with Gasteiger partial charge < -0.3 is 5.32 Å². The predicted octanol–water partition coefficient (Wildman–Crippen LogP) is 3.21. The van der Waals surface area contributed by atoms with E-state index < -0.39 is 0 Å². The van der Waals surface area contributed by atoms with Gasteiger partial charge in [-0.25, -0.2) is 14.8 Å². The Morgan fingerprint density at radius 1 is 1.32 bits per heavy atom. The summed E-state index contributed by atoms with van der Waals surface area (Å²) in [6, 6.07) is 6.90. The highest BCUT2D eigenvalue weighted by molar-refractivity contribution is 9.10. The molecule has 0 saturated carbocycles. The van der Waals surface area contributed by atoms with Crippen LogP contribution < -0.4 is 10.6 Å². The van der Waals surface area contributed by atoms with Gasteiger partial charge in [0.25, 0.3) is 0 Å². The number of hydrogen-bond acceptors (Lipinski definition) is 3. The van der Waals surface area contributed by atoms with Crippen LogP contribution in [0.2, 0.25) is 5.02 Å². The van der Waals surface area contributed by atoms with E-state index in [2.05, 4.69) is 36.5 Å². The molecule has 2 rings (SSSR count). The molecule has 2 amide bonds. The molecule has 0 bridgehead atoms. The number of rotatable bonds is 3. The smallest absolute Gasteiger partial charge is 0.321 e. The Morgan fingerprint density at radius 2 is 2.05 bits per heavy atom. The van der Waals surface area contributed by atoms with Crippen LogP contribution in [-0.2, 0) is 6.54 Å². The van der Waals surface area contributed by atoms with Gasteiger partial charge in [0.05, 0.1) is 4.47 Å². The standard InChI is InChI=1S/C12H10BrClN4O/c13-9-6-15-11(16-7-9)18-12(19)17-5-8-2-1-3-10(14)4-8/h1-4,6-7H,5H2,(H2,15,16,17,18,19). The zero-order chi connectivity index (χ0) is 13.7. The summed E-state index contributed by atoms with van der Waals surface area (Å²) in [5.74, 6) is 0.242. The maximum absolute atomic E-state index is 11.6. The number of carbonyl (C=O) groups excluding carboxylic acids is 1. The normalized spacial score (nSPS) is 10.0. The summed E-state index contributed by atoms with van der Waals surface area (Å²) in [7, 11) is 0. The Morgan fingerprint density at radius 3 is 2.74 bits per heavy atom. The lowest BCUT2D eigenvalue weighted by molar-refractivity contribution is 0.251. The number of nitrogens with one attached hydrogen (secondary N) is 2. The number of carbonyl (C=O) groups is 1. The van der Waals surface area contributed by atoms with Crippen molar-refractivity contribution < 1.29 is 4.79 Å². The minimum absolute atomic E-state index is 0.242. The fraction of sp³-hybridized carbons (Fsp3) is 0.0833. The third kappa shape index (κ3) is 4.50. The average molecular weight is 342 g/mol. The number of halogens is 2. The Labute approximate surface area is 123 Å². The molecule has 0 aliphatic rings. The third-order valence-electron chi connectivity index (χ3n) is 2.19. The van der Waals surface area contributed by atoms with Crippen LogP contribution in [0.4, 0.5) is 10.7 Å². The quantitative estimate of drug-likeness (QED) is 0.901. The number of benzene rings is 1. The summed E-state index contributed by atoms with van der Waals surface area (Å²) >= 11 is 9.07. The summed E-state index contributed by atoms with van der Waals surface area (Å²) in [5.41, 5.74) is 0.916. The fourth-order valence-corrected chi connectivity index (χ4v) is 1.77. The van der Waals surface area contributed by atoms with E-state index in [9.17, 15) is 4.79 Å². The van der Waals surface area contributed by atoms with E-state index in [4.69, 9.17) is 11.6 Å². The van der Waals surface area contributed by atoms with Crippen molar-refractivity contribution in [2.45, 2.75) is 6.54 Å². The first-order chi connectivity index (χ1) is 9.13. The first-order valence-electron chi connectivity index (χ1n) is 5.40. The first-order valence-corrected chi connectivity index (χ1v) is 6.57. The van der Waals surface area contributed by atoms with Crippen molar-refractivity contribution in [3.05, 3.63) is 51.7 Å².